The van der Waals surface area contributed by atoms with Gasteiger partial charge in [-0.1, -0.05) is 0 Å². The third kappa shape index (κ3) is 41.3. The van der Waals surface area contributed by atoms with Crippen LogP contribution in [0.25, 0.3) is 0 Å². The van der Waals surface area contributed by atoms with E-state index in [-0.39, 0.29) is 0 Å². The van der Waals surface area contributed by atoms with E-state index in [4.69, 9.17) is 11.2 Å². The van der Waals surface area contributed by atoms with E-state index in [1.807, 2.05) is 0 Å². The summed E-state index contributed by atoms with van der Waals surface area (Å²) in [6.07, 6.45) is 0. The quantitative estimate of drug-likeness (QED) is 0.361. The molecule has 0 amide bonds. The van der Waals surface area contributed by atoms with Crippen LogP contribution in [0.3, 0.4) is 0 Å². The van der Waals surface area contributed by atoms with Crippen molar-refractivity contribution in [2.24, 2.45) is 5.50 Å². The second-order valence-electron chi connectivity index (χ2n) is 0.289. The second-order valence-corrected chi connectivity index (χ2v) is 0.868. The van der Waals surface area contributed by atoms with Gasteiger partial charge in [0, 0.05) is 0 Å². The van der Waals surface area contributed by atoms with Crippen molar-refractivity contribution >= 4 is 8.53 Å². The molecule has 26 valence electrons. The fraction of sp³-hybridized carbons (Fsp3) is 0. The molecule has 4 N–H and O–H groups in total. The van der Waals surface area contributed by atoms with Crippen molar-refractivity contribution in [3.63, 3.8) is 0 Å². The first kappa shape index (κ1) is 2.54. The molecule has 0 radical (unpaired) electrons. The van der Waals surface area contributed by atoms with Crippen molar-refractivity contribution < 1.29 is 11.2 Å². The topological polar surface area (TPSA) is 66.5 Å². The molecule has 3 nitrogen and oxygen atoms in total. The zero-order chi connectivity index (χ0) is 4.28. The molecular weight excluding hydrogens is 77.0 g/mol. The van der Waals surface area contributed by atoms with E-state index in [2.05, 4.69) is 0 Å². The summed E-state index contributed by atoms with van der Waals surface area (Å²) in [5, 5.41) is 0. The van der Waals surface area contributed by atoms with Gasteiger partial charge in [-0.3, -0.25) is 5.50 Å². The number of hydrogen-bond donors (Lipinski definition) is 3. The van der Waals surface area contributed by atoms with Gasteiger partial charge in [0.25, 0.3) is 0 Å². The predicted molar refractivity (Wildman–Crippen MR) is 15.5 cm³/mol. The highest BCUT2D eigenvalue weighted by atomic mass is 31.2. The van der Waals surface area contributed by atoms with Crippen LogP contribution in [-0.2, 0) is 0 Å². The van der Waals surface area contributed by atoms with Crippen LogP contribution in [0, 0.1) is 0 Å². The zero-order valence-electron chi connectivity index (χ0n) is 2.84. The van der Waals surface area contributed by atoms with E-state index in [1.165, 1.54) is 5.50 Å². The molecule has 0 aliphatic carbocycles. The van der Waals surface area contributed by atoms with Crippen LogP contribution < -0.4 is 5.50 Å². The Kier molecular flexibility index (Phi) is 1.02. The fourth-order valence-electron chi connectivity index (χ4n) is 0. The molecule has 0 aromatic rings. The summed E-state index contributed by atoms with van der Waals surface area (Å²) in [7, 11) is -2.18. The summed E-state index contributed by atoms with van der Waals surface area (Å²) in [5.41, 5.74) is 1.45. The van der Waals surface area contributed by atoms with Gasteiger partial charge in [-0.25, -0.2) is 0 Å². The lowest BCUT2D eigenvalue weighted by molar-refractivity contribution is 0.485. The minimum Gasteiger partial charge on any atom is -0.338 e. The average Bonchev–Trinajstić information content (AvgIpc) is 1.38. The van der Waals surface area contributed by atoms with Crippen LogP contribution >= 0.6 is 8.53 Å². The van der Waals surface area contributed by atoms with E-state index < -0.39 is 8.53 Å². The van der Waals surface area contributed by atoms with Crippen molar-refractivity contribution in [2.75, 3.05) is 0 Å². The van der Waals surface area contributed by atoms with Gasteiger partial charge < -0.3 is 9.79 Å². The molecule has 0 saturated heterocycles. The molecular formula is H4NO2P. The third-order valence-electron chi connectivity index (χ3n) is 0. The lowest BCUT2D eigenvalue weighted by Gasteiger charge is -1.79. The maximum Gasteiger partial charge on any atom is 0.247 e. The summed E-state index contributed by atoms with van der Waals surface area (Å²) >= 11 is 0. The summed E-state index contributed by atoms with van der Waals surface area (Å²) in [5.74, 6) is 0. The van der Waals surface area contributed by atoms with E-state index in [1.54, 1.807) is 0 Å². The Morgan fingerprint density at radius 2 is 2.25 bits per heavy atom. The highest BCUT2D eigenvalue weighted by molar-refractivity contribution is 7.42. The van der Waals surface area contributed by atoms with Crippen LogP contribution in [-0.4, -0.2) is 9.79 Å². The van der Waals surface area contributed by atoms with E-state index in [0.717, 1.165) is 0 Å². The fourth-order valence-corrected chi connectivity index (χ4v) is 0. The number of rotatable bonds is 1. The molecule has 4 heteroatoms. The van der Waals surface area contributed by atoms with Crippen molar-refractivity contribution in [1.29, 1.82) is 0 Å². The Morgan fingerprint density at radius 1 is 2.00 bits per heavy atom. The Balaban J connectivity index is 2.54. The summed E-state index contributed by atoms with van der Waals surface area (Å²) in [6.45, 7) is 0. The third-order valence-corrected chi connectivity index (χ3v) is 0. The molecule has 0 saturated carbocycles. The second kappa shape index (κ2) is 1.61. The van der Waals surface area contributed by atoms with E-state index in [9.17, 15) is 0 Å². The van der Waals surface area contributed by atoms with Crippen LogP contribution in [0.15, 0.2) is 0 Å². The molecule has 0 aromatic heterocycles. The van der Waals surface area contributed by atoms with Gasteiger partial charge >= 0.3 is 0 Å². The number of hydrogen-bond acceptors (Lipinski definition) is 3. The van der Waals surface area contributed by atoms with Gasteiger partial charge in [0.2, 0.25) is 8.53 Å². The highest BCUT2D eigenvalue weighted by Crippen LogP contribution is 2.05. The monoisotopic (exact) mass is 82.0 g/mol. The van der Waals surface area contributed by atoms with Gasteiger partial charge in [-0.15, -0.1) is 0 Å². The average molecular weight is 82.0 g/mol. The van der Waals surface area contributed by atoms with Gasteiger partial charge in [-0.05, 0) is 0 Å². The maximum absolute atomic E-state index is 7.68. The van der Waals surface area contributed by atoms with Crippen LogP contribution in [0.5, 0.6) is 0 Å². The van der Waals surface area contributed by atoms with Gasteiger partial charge in [-0.2, -0.15) is 0 Å². The Hall–Kier alpha value is 0.310. The molecule has 0 unspecified atom stereocenters. The Morgan fingerprint density at radius 3 is 2.25 bits per heavy atom. The minimum atomic E-state index is -2.18. The molecule has 0 aromatic carbocycles. The lowest BCUT2D eigenvalue weighted by atomic mass is 13.9. The summed E-state index contributed by atoms with van der Waals surface area (Å²) < 4.78 is 5.94. The predicted octanol–water partition coefficient (Wildman–Crippen LogP) is -0.843. The normalized spacial score (nSPS) is 12.2. The number of nitrogens with two attached hydrogens (primary N) is 1. The van der Waals surface area contributed by atoms with Crippen LogP contribution in [0.2, 0.25) is 1.41 Å². The first-order valence-corrected chi connectivity index (χ1v) is 1.87. The van der Waals surface area contributed by atoms with Gasteiger partial charge in [0.1, 0.15) is 1.41 Å². The zero-order valence-corrected chi connectivity index (χ0v) is 2.74. The summed E-state index contributed by atoms with van der Waals surface area (Å²) in [4.78, 5) is 15.4. The standard InChI is InChI=1S/H4NO2P/c1-4(2)3/h2-3H,1H2/i/hD. The van der Waals surface area contributed by atoms with Crippen LogP contribution in [0.4, 0.5) is 0 Å². The smallest absolute Gasteiger partial charge is 0.247 e. The first-order valence-electron chi connectivity index (χ1n) is 1.12. The molecule has 0 rings (SSSR count). The summed E-state index contributed by atoms with van der Waals surface area (Å²) in [6, 6.07) is 0. The maximum atomic E-state index is 7.68. The highest BCUT2D eigenvalue weighted by Gasteiger charge is 1.72. The molecule has 0 fully saturated rings. The molecule has 0 atom stereocenters. The molecule has 0 aliphatic rings. The largest absolute Gasteiger partial charge is 0.338 e. The van der Waals surface area contributed by atoms with E-state index >= 15 is 0 Å². The molecule has 0 heterocycles. The van der Waals surface area contributed by atoms with Gasteiger partial charge in [0.05, 0.1) is 0 Å². The van der Waals surface area contributed by atoms with Crippen molar-refractivity contribution in [2.45, 2.75) is 0 Å². The molecule has 0 bridgehead atoms. The van der Waals surface area contributed by atoms with Crippen molar-refractivity contribution in [1.82, 2.24) is 0 Å². The Bertz CT molecular complexity index is 23.6. The van der Waals surface area contributed by atoms with Crippen molar-refractivity contribution in [3.05, 3.63) is 0 Å². The van der Waals surface area contributed by atoms with Crippen molar-refractivity contribution in [3.8, 4) is 0 Å². The van der Waals surface area contributed by atoms with E-state index in [0.29, 0.717) is 0 Å². The first-order chi connectivity index (χ1) is 2.27. The Labute approximate surface area is 26.5 Å². The molecule has 0 spiro atoms. The molecule has 4 heavy (non-hydrogen) atoms. The lowest BCUT2D eigenvalue weighted by Crippen LogP contribution is -1.78. The minimum absolute atomic E-state index is 1.45. The van der Waals surface area contributed by atoms with Crippen LogP contribution in [0.1, 0.15) is 0 Å². The molecule has 0 aliphatic heterocycles. The SMILES string of the molecule is [2H]NP(O)O. The van der Waals surface area contributed by atoms with Gasteiger partial charge in [0.15, 0.2) is 0 Å².